The number of hydrogen-bond acceptors (Lipinski definition) is 5. The quantitative estimate of drug-likeness (QED) is 0.123. The molecule has 2 bridgehead atoms. The smallest absolute Gasteiger partial charge is 0.190 e. The zero-order chi connectivity index (χ0) is 39.3. The zero-order valence-corrected chi connectivity index (χ0v) is 33.5. The molecule has 3 saturated carbocycles. The Morgan fingerprint density at radius 3 is 2.04 bits per heavy atom. The zero-order valence-electron chi connectivity index (χ0n) is 33.5. The molecule has 1 unspecified atom stereocenters. The number of benzene rings is 4. The molecule has 0 amide bonds. The second-order valence-electron chi connectivity index (χ2n) is 19.2. The van der Waals surface area contributed by atoms with Crippen LogP contribution in [0.1, 0.15) is 93.1 Å². The fraction of sp³-hybridized carbons (Fsp3) is 0.442. The number of hydrogen-bond donors (Lipinski definition) is 3. The average Bonchev–Trinajstić information content (AvgIpc) is 3.82. The van der Waals surface area contributed by atoms with Crippen LogP contribution in [0.25, 0.3) is 11.1 Å². The lowest BCUT2D eigenvalue weighted by Gasteiger charge is -2.71. The molecule has 4 fully saturated rings. The van der Waals surface area contributed by atoms with Crippen LogP contribution in [0.5, 0.6) is 0 Å². The Bertz CT molecular complexity index is 2200. The fourth-order valence-corrected chi connectivity index (χ4v) is 14.1. The van der Waals surface area contributed by atoms with Crippen LogP contribution >= 0.6 is 0 Å². The highest BCUT2D eigenvalue weighted by Crippen LogP contribution is 2.78. The monoisotopic (exact) mass is 759 g/mol. The SMILES string of the molecule is C[C@]12CC[C@H]3[C@]4(C=C[C@@]5(C=C4C(=O)c4ccccc4-c4ccccc4)CC(O)CC[C@]35C)[C@@H]1CC[C@@]2(O)CN1CCC[C@@H]1C(O)(c1ccccc1)c1ccccc1. The van der Waals surface area contributed by atoms with Crippen molar-refractivity contribution in [3.05, 3.63) is 156 Å². The molecule has 3 N–H and O–H groups in total. The molecular formula is C52H57NO4. The third-order valence-electron chi connectivity index (χ3n) is 17.0. The number of aliphatic hydroxyl groups is 3. The van der Waals surface area contributed by atoms with Gasteiger partial charge in [-0.15, -0.1) is 0 Å². The summed E-state index contributed by atoms with van der Waals surface area (Å²) in [7, 11) is 0. The second kappa shape index (κ2) is 13.2. The van der Waals surface area contributed by atoms with Gasteiger partial charge in [0.25, 0.3) is 0 Å². The van der Waals surface area contributed by atoms with Crippen LogP contribution in [0.4, 0.5) is 0 Å². The van der Waals surface area contributed by atoms with Crippen molar-refractivity contribution in [1.82, 2.24) is 4.90 Å². The van der Waals surface area contributed by atoms with E-state index in [0.717, 1.165) is 84.9 Å². The first-order valence-electron chi connectivity index (χ1n) is 21.6. The van der Waals surface area contributed by atoms with E-state index in [4.69, 9.17) is 0 Å². The van der Waals surface area contributed by atoms with Crippen molar-refractivity contribution < 1.29 is 20.1 Å². The van der Waals surface area contributed by atoms with E-state index in [-0.39, 0.29) is 29.1 Å². The Kier molecular flexibility index (Phi) is 8.60. The molecule has 9 atom stereocenters. The minimum Gasteiger partial charge on any atom is -0.393 e. The van der Waals surface area contributed by atoms with Crippen LogP contribution in [0, 0.1) is 33.5 Å². The van der Waals surface area contributed by atoms with Gasteiger partial charge in [0.05, 0.1) is 11.7 Å². The highest BCUT2D eigenvalue weighted by Gasteiger charge is 2.74. The van der Waals surface area contributed by atoms with Crippen LogP contribution in [0.2, 0.25) is 0 Å². The topological polar surface area (TPSA) is 81.0 Å². The summed E-state index contributed by atoms with van der Waals surface area (Å²) in [6.07, 6.45) is 14.1. The number of carbonyl (C=O) groups excluding carboxylic acids is 1. The van der Waals surface area contributed by atoms with Gasteiger partial charge in [0.15, 0.2) is 5.78 Å². The van der Waals surface area contributed by atoms with Gasteiger partial charge in [-0.05, 0) is 104 Å². The maximum absolute atomic E-state index is 15.6. The van der Waals surface area contributed by atoms with E-state index in [1.807, 2.05) is 97.1 Å². The number of ketones is 1. The first-order valence-corrected chi connectivity index (χ1v) is 21.6. The predicted molar refractivity (Wildman–Crippen MR) is 225 cm³/mol. The molecule has 1 saturated heterocycles. The molecule has 1 aliphatic heterocycles. The fourth-order valence-electron chi connectivity index (χ4n) is 14.1. The molecule has 57 heavy (non-hydrogen) atoms. The summed E-state index contributed by atoms with van der Waals surface area (Å²) >= 11 is 0. The van der Waals surface area contributed by atoms with Crippen LogP contribution in [-0.4, -0.2) is 56.8 Å². The minimum absolute atomic E-state index is 0.0502. The van der Waals surface area contributed by atoms with Crippen LogP contribution < -0.4 is 0 Å². The van der Waals surface area contributed by atoms with Crippen LogP contribution in [0.15, 0.2) is 139 Å². The Morgan fingerprint density at radius 2 is 1.33 bits per heavy atom. The number of β-amino-alcohol motifs (C(OH)–C–C–N with tert-alkyl or cyclic N) is 1. The van der Waals surface area contributed by atoms with Gasteiger partial charge in [0, 0.05) is 40.0 Å². The van der Waals surface area contributed by atoms with Crippen molar-refractivity contribution in [1.29, 1.82) is 0 Å². The van der Waals surface area contributed by atoms with Crippen molar-refractivity contribution in [2.24, 2.45) is 33.5 Å². The first kappa shape index (κ1) is 37.2. The lowest BCUT2D eigenvalue weighted by atomic mass is 9.32. The predicted octanol–water partition coefficient (Wildman–Crippen LogP) is 9.53. The summed E-state index contributed by atoms with van der Waals surface area (Å²) in [6, 6.07) is 38.3. The normalized spacial score (nSPS) is 37.0. The van der Waals surface area contributed by atoms with Crippen LogP contribution in [0.3, 0.4) is 0 Å². The van der Waals surface area contributed by atoms with Crippen molar-refractivity contribution in [3.63, 3.8) is 0 Å². The third kappa shape index (κ3) is 5.11. The molecule has 6 aliphatic carbocycles. The lowest BCUT2D eigenvalue weighted by Crippen LogP contribution is -2.67. The van der Waals surface area contributed by atoms with Gasteiger partial charge >= 0.3 is 0 Å². The summed E-state index contributed by atoms with van der Waals surface area (Å²) in [5, 5.41) is 37.6. The molecule has 294 valence electrons. The number of nitrogens with zero attached hydrogens (tertiary/aromatic N) is 1. The molecule has 4 aromatic carbocycles. The minimum atomic E-state index is -1.24. The molecule has 5 heteroatoms. The molecule has 7 aliphatic rings. The van der Waals surface area contributed by atoms with Gasteiger partial charge in [-0.25, -0.2) is 0 Å². The molecule has 1 heterocycles. The molecule has 2 spiro atoms. The summed E-state index contributed by atoms with van der Waals surface area (Å²) < 4.78 is 0. The van der Waals surface area contributed by atoms with E-state index in [9.17, 15) is 15.3 Å². The van der Waals surface area contributed by atoms with Crippen molar-refractivity contribution >= 4 is 5.78 Å². The molecule has 0 radical (unpaired) electrons. The lowest BCUT2D eigenvalue weighted by molar-refractivity contribution is -0.178. The van der Waals surface area contributed by atoms with E-state index in [0.29, 0.717) is 19.4 Å². The summed E-state index contributed by atoms with van der Waals surface area (Å²) in [6.45, 7) is 6.07. The maximum Gasteiger partial charge on any atom is 0.190 e. The molecule has 5 nitrogen and oxygen atoms in total. The Morgan fingerprint density at radius 1 is 0.737 bits per heavy atom. The highest BCUT2D eigenvalue weighted by atomic mass is 16.3. The number of aliphatic hydroxyl groups excluding tert-OH is 1. The van der Waals surface area contributed by atoms with E-state index in [2.05, 4.69) is 55.2 Å². The summed E-state index contributed by atoms with van der Waals surface area (Å²) in [4.78, 5) is 18.0. The third-order valence-corrected chi connectivity index (χ3v) is 17.0. The molecule has 4 aromatic rings. The highest BCUT2D eigenvalue weighted by molar-refractivity contribution is 6.14. The van der Waals surface area contributed by atoms with E-state index < -0.39 is 33.6 Å². The number of likely N-dealkylation sites (tertiary alicyclic amines) is 1. The number of rotatable bonds is 8. The number of allylic oxidation sites excluding steroid dienone is 4. The van der Waals surface area contributed by atoms with Crippen molar-refractivity contribution in [2.75, 3.05) is 13.1 Å². The average molecular weight is 760 g/mol. The van der Waals surface area contributed by atoms with Crippen molar-refractivity contribution in [2.45, 2.75) is 95.0 Å². The maximum atomic E-state index is 15.6. The number of fused-ring (bicyclic) bond motifs is 1. The van der Waals surface area contributed by atoms with Gasteiger partial charge in [0.2, 0.25) is 0 Å². The first-order chi connectivity index (χ1) is 27.5. The number of Topliss-reactive ketones (excluding diaryl/α,β-unsaturated/α-hetero) is 1. The second-order valence-corrected chi connectivity index (χ2v) is 19.2. The Balaban J connectivity index is 1.06. The van der Waals surface area contributed by atoms with Crippen LogP contribution in [-0.2, 0) is 5.60 Å². The largest absolute Gasteiger partial charge is 0.393 e. The molecule has 11 rings (SSSR count). The summed E-state index contributed by atoms with van der Waals surface area (Å²) in [5.41, 5.74) is 1.55. The van der Waals surface area contributed by atoms with E-state index in [1.54, 1.807) is 0 Å². The molecular weight excluding hydrogens is 703 g/mol. The van der Waals surface area contributed by atoms with Gasteiger partial charge in [-0.3, -0.25) is 9.69 Å². The van der Waals surface area contributed by atoms with Gasteiger partial charge in [0.1, 0.15) is 5.60 Å². The Hall–Kier alpha value is -4.13. The summed E-state index contributed by atoms with van der Waals surface area (Å²) in [5.74, 6) is 0.353. The Labute approximate surface area is 338 Å². The van der Waals surface area contributed by atoms with Gasteiger partial charge in [-0.1, -0.05) is 147 Å². The molecule has 0 aromatic heterocycles. The van der Waals surface area contributed by atoms with E-state index >= 15 is 4.79 Å². The van der Waals surface area contributed by atoms with E-state index in [1.165, 1.54) is 0 Å². The number of carbonyl (C=O) groups is 1. The van der Waals surface area contributed by atoms with Gasteiger partial charge < -0.3 is 15.3 Å². The van der Waals surface area contributed by atoms with Gasteiger partial charge in [-0.2, -0.15) is 0 Å². The standard InChI is InChI=1S/C52H57NO4/c1-47-27-24-39(54)33-49(47)30-31-51(42(34-49)46(55)41-22-13-12-21-40(41)36-15-6-3-7-16-36)43(47)25-28-48(2)44(51)26-29-50(48,56)35-53-32-14-23-45(53)52(57,37-17-8-4-9-18-37)38-19-10-5-11-20-38/h3-13,15-22,30-31,34,39,43-45,54,56-57H,14,23-29,32-33,35H2,1-2H3/t39?,43-,44-,45-,47-,48+,49+,50-,51-/m1/s1. The van der Waals surface area contributed by atoms with Crippen molar-refractivity contribution in [3.8, 4) is 11.1 Å².